The van der Waals surface area contributed by atoms with Crippen molar-refractivity contribution in [2.75, 3.05) is 0 Å². The quantitative estimate of drug-likeness (QED) is 0.797. The number of aromatic nitrogens is 2. The van der Waals surface area contributed by atoms with Crippen molar-refractivity contribution in [3.63, 3.8) is 0 Å². The summed E-state index contributed by atoms with van der Waals surface area (Å²) in [7, 11) is -3.65. The van der Waals surface area contributed by atoms with Crippen LogP contribution in [-0.4, -0.2) is 18.6 Å². The lowest BCUT2D eigenvalue weighted by atomic mass is 10.1. The molecule has 1 heterocycles. The molecular formula is C14H13N3O3S. The molecule has 7 heteroatoms. The van der Waals surface area contributed by atoms with Crippen LogP contribution < -0.4 is 4.72 Å². The first-order valence-electron chi connectivity index (χ1n) is 6.33. The molecule has 3 aromatic rings. The van der Waals surface area contributed by atoms with Gasteiger partial charge >= 0.3 is 0 Å². The number of hydrogen-bond donors (Lipinski definition) is 1. The first-order valence-corrected chi connectivity index (χ1v) is 7.81. The van der Waals surface area contributed by atoms with Crippen molar-refractivity contribution in [2.45, 2.75) is 18.4 Å². The van der Waals surface area contributed by atoms with Crippen LogP contribution in [0.4, 0.5) is 0 Å². The third-order valence-corrected chi connectivity index (χ3v) is 4.48. The van der Waals surface area contributed by atoms with E-state index in [0.29, 0.717) is 11.2 Å². The molecule has 0 spiro atoms. The third kappa shape index (κ3) is 2.79. The summed E-state index contributed by atoms with van der Waals surface area (Å²) in [5.41, 5.74) is 0. The topological polar surface area (TPSA) is 85.1 Å². The van der Waals surface area contributed by atoms with Crippen molar-refractivity contribution in [1.29, 1.82) is 0 Å². The highest BCUT2D eigenvalue weighted by Gasteiger charge is 2.18. The maximum Gasteiger partial charge on any atom is 0.241 e. The molecule has 0 fully saturated rings. The van der Waals surface area contributed by atoms with Gasteiger partial charge < -0.3 is 4.52 Å². The van der Waals surface area contributed by atoms with Gasteiger partial charge in [0.15, 0.2) is 5.82 Å². The molecule has 21 heavy (non-hydrogen) atoms. The Hall–Kier alpha value is -2.25. The Kier molecular flexibility index (Phi) is 3.44. The number of benzene rings is 2. The highest BCUT2D eigenvalue weighted by atomic mass is 32.2. The molecule has 1 aromatic heterocycles. The molecule has 108 valence electrons. The fraction of sp³-hybridized carbons (Fsp3) is 0.143. The number of nitrogens with zero attached hydrogens (tertiary/aromatic N) is 2. The lowest BCUT2D eigenvalue weighted by molar-refractivity contribution is 0.372. The fourth-order valence-corrected chi connectivity index (χ4v) is 3.28. The van der Waals surface area contributed by atoms with Gasteiger partial charge in [-0.25, -0.2) is 13.1 Å². The van der Waals surface area contributed by atoms with Crippen LogP contribution in [0.15, 0.2) is 51.9 Å². The summed E-state index contributed by atoms with van der Waals surface area (Å²) in [5, 5.41) is 5.16. The van der Waals surface area contributed by atoms with E-state index in [1.54, 1.807) is 25.1 Å². The molecule has 3 rings (SSSR count). The summed E-state index contributed by atoms with van der Waals surface area (Å²) in [6.45, 7) is 1.64. The summed E-state index contributed by atoms with van der Waals surface area (Å²) in [4.78, 5) is 4.20. The normalized spacial score (nSPS) is 11.9. The van der Waals surface area contributed by atoms with Gasteiger partial charge in [0.05, 0.1) is 11.4 Å². The van der Waals surface area contributed by atoms with E-state index in [1.165, 1.54) is 0 Å². The standard InChI is InChI=1S/C14H13N3O3S/c1-10-16-14(20-17-10)9-15-21(18,19)13-8-4-6-11-5-2-3-7-12(11)13/h2-8,15H,9H2,1H3. The average Bonchev–Trinajstić information content (AvgIpc) is 2.90. The van der Waals surface area contributed by atoms with Crippen molar-refractivity contribution in [3.8, 4) is 0 Å². The van der Waals surface area contributed by atoms with E-state index in [2.05, 4.69) is 14.9 Å². The van der Waals surface area contributed by atoms with E-state index >= 15 is 0 Å². The van der Waals surface area contributed by atoms with Crippen molar-refractivity contribution >= 4 is 20.8 Å². The zero-order valence-electron chi connectivity index (χ0n) is 11.3. The first-order chi connectivity index (χ1) is 10.1. The number of hydrogen-bond acceptors (Lipinski definition) is 5. The smallest absolute Gasteiger partial charge is 0.241 e. The van der Waals surface area contributed by atoms with Crippen LogP contribution in [0, 0.1) is 6.92 Å². The zero-order chi connectivity index (χ0) is 14.9. The van der Waals surface area contributed by atoms with Gasteiger partial charge in [0.2, 0.25) is 15.9 Å². The molecule has 0 atom stereocenters. The molecule has 0 amide bonds. The summed E-state index contributed by atoms with van der Waals surface area (Å²) < 4.78 is 32.2. The van der Waals surface area contributed by atoms with Crippen molar-refractivity contribution in [3.05, 3.63) is 54.2 Å². The Morgan fingerprint density at radius 3 is 2.67 bits per heavy atom. The molecule has 0 radical (unpaired) electrons. The molecular weight excluding hydrogens is 290 g/mol. The predicted octanol–water partition coefficient (Wildman–Crippen LogP) is 2.01. The van der Waals surface area contributed by atoms with E-state index < -0.39 is 10.0 Å². The summed E-state index contributed by atoms with van der Waals surface area (Å²) in [6, 6.07) is 12.5. The maximum atomic E-state index is 12.4. The van der Waals surface area contributed by atoms with Crippen LogP contribution in [0.25, 0.3) is 10.8 Å². The van der Waals surface area contributed by atoms with Crippen LogP contribution in [-0.2, 0) is 16.6 Å². The van der Waals surface area contributed by atoms with Gasteiger partial charge in [-0.1, -0.05) is 41.6 Å². The van der Waals surface area contributed by atoms with Crippen LogP contribution in [0.5, 0.6) is 0 Å². The van der Waals surface area contributed by atoms with Crippen LogP contribution >= 0.6 is 0 Å². The highest BCUT2D eigenvalue weighted by molar-refractivity contribution is 7.89. The number of aryl methyl sites for hydroxylation is 1. The Balaban J connectivity index is 1.93. The third-order valence-electron chi connectivity index (χ3n) is 3.02. The SMILES string of the molecule is Cc1noc(CNS(=O)(=O)c2cccc3ccccc23)n1. The van der Waals surface area contributed by atoms with Crippen molar-refractivity contribution < 1.29 is 12.9 Å². The average molecular weight is 303 g/mol. The summed E-state index contributed by atoms with van der Waals surface area (Å²) >= 11 is 0. The van der Waals surface area contributed by atoms with E-state index in [-0.39, 0.29) is 17.3 Å². The summed E-state index contributed by atoms with van der Waals surface area (Å²) in [6.07, 6.45) is 0. The van der Waals surface area contributed by atoms with Gasteiger partial charge in [0.25, 0.3) is 0 Å². The first kappa shape index (κ1) is 13.7. The highest BCUT2D eigenvalue weighted by Crippen LogP contribution is 2.22. The molecule has 0 unspecified atom stereocenters. The zero-order valence-corrected chi connectivity index (χ0v) is 12.1. The van der Waals surface area contributed by atoms with Gasteiger partial charge in [-0.2, -0.15) is 4.98 Å². The van der Waals surface area contributed by atoms with Gasteiger partial charge in [-0.05, 0) is 18.4 Å². The minimum Gasteiger partial charge on any atom is -0.338 e. The molecule has 0 aliphatic heterocycles. The second kappa shape index (κ2) is 5.27. The molecule has 0 aliphatic rings. The number of nitrogens with one attached hydrogen (secondary N) is 1. The second-order valence-corrected chi connectivity index (χ2v) is 6.27. The molecule has 6 nitrogen and oxygen atoms in total. The number of sulfonamides is 1. The van der Waals surface area contributed by atoms with Gasteiger partial charge in [-0.3, -0.25) is 0 Å². The Bertz CT molecular complexity index is 882. The van der Waals surface area contributed by atoms with Crippen molar-refractivity contribution in [1.82, 2.24) is 14.9 Å². The van der Waals surface area contributed by atoms with E-state index in [4.69, 9.17) is 4.52 Å². The van der Waals surface area contributed by atoms with Crippen LogP contribution in [0.2, 0.25) is 0 Å². The maximum absolute atomic E-state index is 12.4. The Morgan fingerprint density at radius 2 is 1.90 bits per heavy atom. The summed E-state index contributed by atoms with van der Waals surface area (Å²) in [5.74, 6) is 0.700. The molecule has 0 saturated carbocycles. The second-order valence-electron chi connectivity index (χ2n) is 4.54. The Labute approximate surface area is 121 Å². The lowest BCUT2D eigenvalue weighted by Crippen LogP contribution is -2.23. The molecule has 1 N–H and O–H groups in total. The van der Waals surface area contributed by atoms with Gasteiger partial charge in [-0.15, -0.1) is 0 Å². The molecule has 0 bridgehead atoms. The van der Waals surface area contributed by atoms with E-state index in [0.717, 1.165) is 5.39 Å². The van der Waals surface area contributed by atoms with Crippen molar-refractivity contribution in [2.24, 2.45) is 0 Å². The minimum absolute atomic E-state index is 0.0353. The Morgan fingerprint density at radius 1 is 1.14 bits per heavy atom. The van der Waals surface area contributed by atoms with E-state index in [9.17, 15) is 8.42 Å². The predicted molar refractivity (Wildman–Crippen MR) is 77.0 cm³/mol. The minimum atomic E-state index is -3.65. The number of fused-ring (bicyclic) bond motifs is 1. The monoisotopic (exact) mass is 303 g/mol. The molecule has 2 aromatic carbocycles. The largest absolute Gasteiger partial charge is 0.338 e. The van der Waals surface area contributed by atoms with Crippen LogP contribution in [0.3, 0.4) is 0 Å². The molecule has 0 aliphatic carbocycles. The number of rotatable bonds is 4. The van der Waals surface area contributed by atoms with E-state index in [1.807, 2.05) is 24.3 Å². The fourth-order valence-electron chi connectivity index (χ4n) is 2.08. The van der Waals surface area contributed by atoms with Crippen LogP contribution in [0.1, 0.15) is 11.7 Å². The van der Waals surface area contributed by atoms with Gasteiger partial charge in [0, 0.05) is 5.39 Å². The lowest BCUT2D eigenvalue weighted by Gasteiger charge is -2.08. The molecule has 0 saturated heterocycles. The van der Waals surface area contributed by atoms with Gasteiger partial charge in [0.1, 0.15) is 0 Å².